The highest BCUT2D eigenvalue weighted by molar-refractivity contribution is 6.31. The van der Waals surface area contributed by atoms with Gasteiger partial charge in [0.1, 0.15) is 17.0 Å². The number of nitrogens with zero attached hydrogens (tertiary/aromatic N) is 3. The summed E-state index contributed by atoms with van der Waals surface area (Å²) in [5.74, 6) is -3.01. The van der Waals surface area contributed by atoms with Crippen molar-refractivity contribution in [3.05, 3.63) is 69.2 Å². The number of nitriles is 1. The Hall–Kier alpha value is -2.81. The van der Waals surface area contributed by atoms with Gasteiger partial charge in [-0.3, -0.25) is 14.5 Å². The number of methoxy groups -OCH3 is 1. The number of benzene rings is 2. The number of nitrogens with one attached hydrogen (secondary N) is 2. The van der Waals surface area contributed by atoms with Crippen LogP contribution in [0.1, 0.15) is 50.7 Å². The van der Waals surface area contributed by atoms with Gasteiger partial charge in [-0.2, -0.15) is 5.26 Å². The van der Waals surface area contributed by atoms with Crippen LogP contribution in [0.5, 0.6) is 0 Å². The zero-order chi connectivity index (χ0) is 32.9. The van der Waals surface area contributed by atoms with Gasteiger partial charge >= 0.3 is 0 Å². The van der Waals surface area contributed by atoms with Gasteiger partial charge in [-0.25, -0.2) is 8.78 Å². The first-order chi connectivity index (χ1) is 21.3. The summed E-state index contributed by atoms with van der Waals surface area (Å²) in [5.41, 5.74) is -1.92. The van der Waals surface area contributed by atoms with E-state index < -0.39 is 35.1 Å². The summed E-state index contributed by atoms with van der Waals surface area (Å²) < 4.78 is 36.7. The van der Waals surface area contributed by atoms with E-state index in [1.807, 2.05) is 25.7 Å². The second-order valence-electron chi connectivity index (χ2n) is 13.0. The van der Waals surface area contributed by atoms with Crippen LogP contribution in [-0.2, 0) is 19.7 Å². The molecule has 45 heavy (non-hydrogen) atoms. The van der Waals surface area contributed by atoms with Crippen molar-refractivity contribution < 1.29 is 23.1 Å². The van der Waals surface area contributed by atoms with E-state index in [-0.39, 0.29) is 44.9 Å². The van der Waals surface area contributed by atoms with Crippen molar-refractivity contribution >= 4 is 35.0 Å². The molecule has 12 heteroatoms. The van der Waals surface area contributed by atoms with E-state index in [9.17, 15) is 14.9 Å². The summed E-state index contributed by atoms with van der Waals surface area (Å²) in [5, 5.41) is 17.3. The molecule has 0 bridgehead atoms. The predicted octanol–water partition coefficient (Wildman–Crippen LogP) is 4.89. The molecule has 0 saturated carbocycles. The molecular weight excluding hydrogens is 623 g/mol. The summed E-state index contributed by atoms with van der Waals surface area (Å²) in [7, 11) is 1.61. The maximum absolute atomic E-state index is 15.9. The Labute approximate surface area is 274 Å². The summed E-state index contributed by atoms with van der Waals surface area (Å²) >= 11 is 12.3. The number of halogens is 4. The first-order valence-corrected chi connectivity index (χ1v) is 15.9. The molecule has 0 spiro atoms. The molecule has 2 aliphatic heterocycles. The van der Waals surface area contributed by atoms with Crippen LogP contribution in [-0.4, -0.2) is 86.7 Å². The number of carbonyl (C=O) groups is 2. The Bertz CT molecular complexity index is 1420. The van der Waals surface area contributed by atoms with Crippen molar-refractivity contribution in [3.63, 3.8) is 0 Å². The minimum atomic E-state index is -1.68. The Morgan fingerprint density at radius 2 is 1.87 bits per heavy atom. The maximum atomic E-state index is 15.9. The Kier molecular flexibility index (Phi) is 11.5. The second-order valence-corrected chi connectivity index (χ2v) is 13.8. The van der Waals surface area contributed by atoms with Gasteiger partial charge in [-0.1, -0.05) is 62.2 Å². The predicted molar refractivity (Wildman–Crippen MR) is 170 cm³/mol. The molecule has 244 valence electrons. The van der Waals surface area contributed by atoms with E-state index >= 15 is 8.78 Å². The topological polar surface area (TPSA) is 97.7 Å². The Morgan fingerprint density at radius 3 is 2.49 bits per heavy atom. The van der Waals surface area contributed by atoms with E-state index in [1.165, 1.54) is 24.3 Å². The number of carbonyl (C=O) groups excluding carboxylic acids is 2. The highest BCUT2D eigenvalue weighted by atomic mass is 35.5. The fraction of sp³-hybridized carbons (Fsp3) is 0.545. The molecule has 0 aromatic heterocycles. The molecule has 8 nitrogen and oxygen atoms in total. The maximum Gasteiger partial charge on any atom is 0.240 e. The molecule has 2 saturated heterocycles. The zero-order valence-corrected chi connectivity index (χ0v) is 27.7. The summed E-state index contributed by atoms with van der Waals surface area (Å²) in [6.07, 6.45) is 1.10. The lowest BCUT2D eigenvalue weighted by Crippen LogP contribution is -2.55. The van der Waals surface area contributed by atoms with Crippen LogP contribution < -0.4 is 10.6 Å². The van der Waals surface area contributed by atoms with Crippen LogP contribution in [0, 0.1) is 28.4 Å². The van der Waals surface area contributed by atoms with Gasteiger partial charge < -0.3 is 20.3 Å². The molecular formula is C33H41Cl2F2N5O3. The van der Waals surface area contributed by atoms with Gasteiger partial charge in [0.05, 0.1) is 23.7 Å². The number of hydrogen-bond donors (Lipinski definition) is 2. The van der Waals surface area contributed by atoms with Gasteiger partial charge in [0, 0.05) is 69.0 Å². The normalized spacial score (nSPS) is 24.0. The molecule has 2 N–H and O–H groups in total. The summed E-state index contributed by atoms with van der Waals surface area (Å²) in [4.78, 5) is 30.4. The molecule has 2 aliphatic rings. The fourth-order valence-corrected chi connectivity index (χ4v) is 6.91. The van der Waals surface area contributed by atoms with Gasteiger partial charge in [0.2, 0.25) is 11.8 Å². The van der Waals surface area contributed by atoms with Crippen LogP contribution in [0.25, 0.3) is 0 Å². The first kappa shape index (κ1) is 35.1. The lowest BCUT2D eigenvalue weighted by molar-refractivity contribution is -0.135. The SMILES string of the molecule is COCCCNC(=O)CN1CCN(C(=O)[C@@H]2N[C@@H](CC(C)(C)C)[C@](C#N)(c3ccc(Cl)cc3F)C2c2cccc(Cl)c2F)CC1. The molecule has 4 atom stereocenters. The number of amides is 2. The first-order valence-electron chi connectivity index (χ1n) is 15.2. The van der Waals surface area contributed by atoms with Gasteiger partial charge in [0.15, 0.2) is 0 Å². The molecule has 2 aromatic rings. The second kappa shape index (κ2) is 14.7. The van der Waals surface area contributed by atoms with E-state index in [0.29, 0.717) is 52.2 Å². The number of ether oxygens (including phenoxy) is 1. The van der Waals surface area contributed by atoms with E-state index in [2.05, 4.69) is 16.7 Å². The van der Waals surface area contributed by atoms with Crippen molar-refractivity contribution in [1.82, 2.24) is 20.4 Å². The number of rotatable bonds is 10. The smallest absolute Gasteiger partial charge is 0.240 e. The Balaban J connectivity index is 1.69. The highest BCUT2D eigenvalue weighted by Gasteiger charge is 2.61. The minimum absolute atomic E-state index is 0.0390. The third-order valence-electron chi connectivity index (χ3n) is 8.61. The van der Waals surface area contributed by atoms with Crippen LogP contribution >= 0.6 is 23.2 Å². The van der Waals surface area contributed by atoms with Crippen molar-refractivity contribution in [1.29, 1.82) is 5.26 Å². The zero-order valence-electron chi connectivity index (χ0n) is 26.1. The molecule has 2 fully saturated rings. The van der Waals surface area contributed by atoms with E-state index in [1.54, 1.807) is 18.1 Å². The van der Waals surface area contributed by atoms with Crippen LogP contribution in [0.15, 0.2) is 36.4 Å². The minimum Gasteiger partial charge on any atom is -0.385 e. The van der Waals surface area contributed by atoms with Crippen molar-refractivity contribution in [2.45, 2.75) is 57.0 Å². The lowest BCUT2D eigenvalue weighted by atomic mass is 9.62. The molecule has 2 heterocycles. The van der Waals surface area contributed by atoms with Crippen molar-refractivity contribution in [2.75, 3.05) is 53.0 Å². The molecule has 1 unspecified atom stereocenters. The van der Waals surface area contributed by atoms with Crippen molar-refractivity contribution in [2.24, 2.45) is 5.41 Å². The quantitative estimate of drug-likeness (QED) is 0.352. The lowest BCUT2D eigenvalue weighted by Gasteiger charge is -2.38. The van der Waals surface area contributed by atoms with Crippen LogP contribution in [0.3, 0.4) is 0 Å². The molecule has 4 rings (SSSR count). The van der Waals surface area contributed by atoms with E-state index in [0.717, 1.165) is 6.07 Å². The average molecular weight is 665 g/mol. The number of hydrogen-bond acceptors (Lipinski definition) is 6. The van der Waals surface area contributed by atoms with E-state index in [4.69, 9.17) is 27.9 Å². The van der Waals surface area contributed by atoms with Crippen LogP contribution in [0.4, 0.5) is 8.78 Å². The molecule has 2 amide bonds. The van der Waals surface area contributed by atoms with Gasteiger partial charge in [-0.05, 0) is 42.0 Å². The largest absolute Gasteiger partial charge is 0.385 e. The van der Waals surface area contributed by atoms with Gasteiger partial charge in [0.25, 0.3) is 0 Å². The van der Waals surface area contributed by atoms with Crippen molar-refractivity contribution in [3.8, 4) is 6.07 Å². The Morgan fingerprint density at radius 1 is 1.16 bits per heavy atom. The summed E-state index contributed by atoms with van der Waals surface area (Å²) in [6.45, 7) is 8.84. The molecule has 0 radical (unpaired) electrons. The molecule has 0 aliphatic carbocycles. The molecule has 2 aromatic carbocycles. The van der Waals surface area contributed by atoms with Crippen LogP contribution in [0.2, 0.25) is 10.0 Å². The highest BCUT2D eigenvalue weighted by Crippen LogP contribution is 2.53. The number of piperazine rings is 1. The third kappa shape index (κ3) is 7.78. The average Bonchev–Trinajstić information content (AvgIpc) is 3.29. The third-order valence-corrected chi connectivity index (χ3v) is 9.14. The standard InChI is InChI=1S/C33H41Cl2F2N5O3/c1-32(2,3)18-26-33(20-38,23-10-9-21(34)17-25(23)36)28(22-7-5-8-24(35)29(22)37)30(40-26)31(44)42-14-12-41(13-15-42)19-27(43)39-11-6-16-45-4/h5,7-10,17,26,28,30,40H,6,11-16,18-19H2,1-4H3,(H,39,43)/t26-,28?,30+,33-/m0/s1. The fourth-order valence-electron chi connectivity index (χ4n) is 6.57. The summed E-state index contributed by atoms with van der Waals surface area (Å²) in [6, 6.07) is 9.17. The van der Waals surface area contributed by atoms with Gasteiger partial charge in [-0.15, -0.1) is 0 Å². The monoisotopic (exact) mass is 663 g/mol.